The Hall–Kier alpha value is -3.32. The van der Waals surface area contributed by atoms with Gasteiger partial charge in [-0.2, -0.15) is 0 Å². The first-order chi connectivity index (χ1) is 17.4. The molecule has 0 amide bonds. The number of nitrogens with zero attached hydrogens (tertiary/aromatic N) is 1. The number of hydrogen-bond donors (Lipinski definition) is 1. The van der Waals surface area contributed by atoms with Gasteiger partial charge >= 0.3 is 5.97 Å². The van der Waals surface area contributed by atoms with Crippen molar-refractivity contribution in [1.82, 2.24) is 5.16 Å². The van der Waals surface area contributed by atoms with E-state index in [0.717, 1.165) is 44.7 Å². The highest BCUT2D eigenvalue weighted by Gasteiger charge is 2.22. The summed E-state index contributed by atoms with van der Waals surface area (Å²) in [6.07, 6.45) is 1.61. The third-order valence-corrected chi connectivity index (χ3v) is 7.59. The molecule has 0 spiro atoms. The van der Waals surface area contributed by atoms with Crippen molar-refractivity contribution in [2.75, 3.05) is 0 Å². The average Bonchev–Trinajstić information content (AvgIpc) is 3.47. The lowest BCUT2D eigenvalue weighted by molar-refractivity contribution is 0.0697. The van der Waals surface area contributed by atoms with Gasteiger partial charge in [0, 0.05) is 21.6 Å². The number of halogens is 2. The van der Waals surface area contributed by atoms with E-state index in [9.17, 15) is 9.90 Å². The topological polar surface area (TPSA) is 72.6 Å². The number of carboxylic acids is 1. The standard InChI is InChI=1S/C28H21Cl2NO4S/c1-2-5-23-20(27(31-35-23)26-21(29)8-4-9-22(26)30)15-34-19-11-10-17-13-24(36-25(17)14-19)16-6-3-7-18(12-16)28(32)33/h3-4,6-14H,2,5,15H2,1H3,(H,32,33). The minimum atomic E-state index is -0.942. The Balaban J connectivity index is 1.44. The molecule has 0 aliphatic heterocycles. The molecule has 0 aliphatic rings. The molecule has 0 bridgehead atoms. The largest absolute Gasteiger partial charge is 0.489 e. The van der Waals surface area contributed by atoms with E-state index in [1.165, 1.54) is 0 Å². The van der Waals surface area contributed by atoms with Crippen LogP contribution in [0, 0.1) is 0 Å². The maximum atomic E-state index is 11.3. The van der Waals surface area contributed by atoms with Gasteiger partial charge in [-0.3, -0.25) is 0 Å². The number of carboxylic acid groups (broad SMARTS) is 1. The summed E-state index contributed by atoms with van der Waals surface area (Å²) in [5.41, 5.74) is 3.18. The minimum Gasteiger partial charge on any atom is -0.489 e. The molecule has 1 N–H and O–H groups in total. The van der Waals surface area contributed by atoms with Gasteiger partial charge in [-0.15, -0.1) is 11.3 Å². The molecular weight excluding hydrogens is 517 g/mol. The molecule has 8 heteroatoms. The number of fused-ring (bicyclic) bond motifs is 1. The van der Waals surface area contributed by atoms with Crippen LogP contribution >= 0.6 is 34.5 Å². The third kappa shape index (κ3) is 4.85. The van der Waals surface area contributed by atoms with Crippen LogP contribution in [0.2, 0.25) is 10.0 Å². The van der Waals surface area contributed by atoms with Gasteiger partial charge in [0.25, 0.3) is 0 Å². The van der Waals surface area contributed by atoms with Crippen molar-refractivity contribution in [3.63, 3.8) is 0 Å². The van der Waals surface area contributed by atoms with Crippen LogP contribution in [-0.4, -0.2) is 16.2 Å². The van der Waals surface area contributed by atoms with Gasteiger partial charge in [-0.25, -0.2) is 4.79 Å². The van der Waals surface area contributed by atoms with Crippen LogP contribution in [0.3, 0.4) is 0 Å². The molecule has 0 fully saturated rings. The van der Waals surface area contributed by atoms with Gasteiger partial charge in [-0.05, 0) is 65.9 Å². The highest BCUT2D eigenvalue weighted by atomic mass is 35.5. The molecular formula is C28H21Cl2NO4S. The predicted octanol–water partition coefficient (Wildman–Crippen LogP) is 8.76. The molecule has 0 saturated heterocycles. The summed E-state index contributed by atoms with van der Waals surface area (Å²) in [6, 6.07) is 20.2. The minimum absolute atomic E-state index is 0.250. The maximum Gasteiger partial charge on any atom is 0.335 e. The average molecular weight is 538 g/mol. The second-order valence-electron chi connectivity index (χ2n) is 8.26. The smallest absolute Gasteiger partial charge is 0.335 e. The van der Waals surface area contributed by atoms with E-state index in [1.807, 2.05) is 24.3 Å². The lowest BCUT2D eigenvalue weighted by Gasteiger charge is -2.09. The van der Waals surface area contributed by atoms with Crippen LogP contribution in [0.4, 0.5) is 0 Å². The zero-order valence-corrected chi connectivity index (χ0v) is 21.6. The van der Waals surface area contributed by atoms with Crippen molar-refractivity contribution in [3.8, 4) is 27.4 Å². The van der Waals surface area contributed by atoms with E-state index in [-0.39, 0.29) is 12.2 Å². The first-order valence-electron chi connectivity index (χ1n) is 11.4. The van der Waals surface area contributed by atoms with Crippen LogP contribution in [0.1, 0.15) is 35.0 Å². The Bertz CT molecular complexity index is 1550. The summed E-state index contributed by atoms with van der Waals surface area (Å²) in [6.45, 7) is 2.32. The SMILES string of the molecule is CCCc1onc(-c2c(Cl)cccc2Cl)c1COc1ccc2cc(-c3cccc(C(=O)O)c3)sc2c1. The molecule has 3 aromatic carbocycles. The van der Waals surface area contributed by atoms with E-state index in [1.54, 1.807) is 47.7 Å². The number of hydrogen-bond acceptors (Lipinski definition) is 5. The summed E-state index contributed by atoms with van der Waals surface area (Å²) in [5, 5.41) is 15.6. The quantitative estimate of drug-likeness (QED) is 0.214. The number of thiophene rings is 1. The van der Waals surface area contributed by atoms with E-state index in [0.29, 0.717) is 27.1 Å². The first-order valence-corrected chi connectivity index (χ1v) is 12.9. The van der Waals surface area contributed by atoms with Crippen molar-refractivity contribution >= 4 is 50.6 Å². The molecule has 5 nitrogen and oxygen atoms in total. The number of aryl methyl sites for hydroxylation is 1. The van der Waals surface area contributed by atoms with Crippen LogP contribution in [-0.2, 0) is 13.0 Å². The fraction of sp³-hybridized carbons (Fsp3) is 0.143. The molecule has 5 aromatic rings. The van der Waals surface area contributed by atoms with E-state index >= 15 is 0 Å². The number of aromatic carboxylic acids is 1. The van der Waals surface area contributed by atoms with Crippen molar-refractivity contribution in [2.24, 2.45) is 0 Å². The Morgan fingerprint density at radius 1 is 1.06 bits per heavy atom. The second-order valence-corrected chi connectivity index (χ2v) is 10.2. The van der Waals surface area contributed by atoms with Crippen LogP contribution in [0.5, 0.6) is 5.75 Å². The normalized spacial score (nSPS) is 11.2. The number of rotatable bonds is 8. The zero-order valence-electron chi connectivity index (χ0n) is 19.3. The van der Waals surface area contributed by atoms with Gasteiger partial charge < -0.3 is 14.4 Å². The molecule has 2 aromatic heterocycles. The summed E-state index contributed by atoms with van der Waals surface area (Å²) in [7, 11) is 0. The van der Waals surface area contributed by atoms with E-state index in [4.69, 9.17) is 32.5 Å². The number of carbonyl (C=O) groups is 1. The summed E-state index contributed by atoms with van der Waals surface area (Å²) >= 11 is 14.5. The molecule has 0 unspecified atom stereocenters. The van der Waals surface area contributed by atoms with Gasteiger partial charge in [0.05, 0.1) is 21.2 Å². The lowest BCUT2D eigenvalue weighted by atomic mass is 10.0. The van der Waals surface area contributed by atoms with Crippen molar-refractivity contribution in [2.45, 2.75) is 26.4 Å². The van der Waals surface area contributed by atoms with Gasteiger partial charge in [0.15, 0.2) is 0 Å². The van der Waals surface area contributed by atoms with Gasteiger partial charge in [0.2, 0.25) is 0 Å². The molecule has 182 valence electrons. The summed E-state index contributed by atoms with van der Waals surface area (Å²) in [4.78, 5) is 12.3. The predicted molar refractivity (Wildman–Crippen MR) is 145 cm³/mol. The van der Waals surface area contributed by atoms with Crippen molar-refractivity contribution in [1.29, 1.82) is 0 Å². The van der Waals surface area contributed by atoms with Gasteiger partial charge in [-0.1, -0.05) is 53.5 Å². The highest BCUT2D eigenvalue weighted by Crippen LogP contribution is 2.39. The van der Waals surface area contributed by atoms with Crippen LogP contribution in [0.25, 0.3) is 31.8 Å². The zero-order chi connectivity index (χ0) is 25.2. The number of ether oxygens (including phenoxy) is 1. The molecule has 0 radical (unpaired) electrons. The lowest BCUT2D eigenvalue weighted by Crippen LogP contribution is -2.00. The molecule has 0 atom stereocenters. The second kappa shape index (κ2) is 10.3. The van der Waals surface area contributed by atoms with Crippen LogP contribution in [0.15, 0.2) is 71.3 Å². The fourth-order valence-electron chi connectivity index (χ4n) is 4.04. The Morgan fingerprint density at radius 3 is 2.58 bits per heavy atom. The maximum absolute atomic E-state index is 11.3. The highest BCUT2D eigenvalue weighted by molar-refractivity contribution is 7.22. The summed E-state index contributed by atoms with van der Waals surface area (Å²) in [5.74, 6) is 0.513. The Morgan fingerprint density at radius 2 is 1.83 bits per heavy atom. The molecule has 36 heavy (non-hydrogen) atoms. The third-order valence-electron chi connectivity index (χ3n) is 5.81. The van der Waals surface area contributed by atoms with E-state index in [2.05, 4.69) is 18.1 Å². The summed E-state index contributed by atoms with van der Waals surface area (Å²) < 4.78 is 12.9. The number of aromatic nitrogens is 1. The van der Waals surface area contributed by atoms with Crippen molar-refractivity contribution in [3.05, 3.63) is 93.7 Å². The van der Waals surface area contributed by atoms with Crippen molar-refractivity contribution < 1.29 is 19.2 Å². The molecule has 2 heterocycles. The monoisotopic (exact) mass is 537 g/mol. The first kappa shape index (κ1) is 24.4. The molecule has 0 saturated carbocycles. The molecule has 5 rings (SSSR count). The number of benzene rings is 3. The fourth-order valence-corrected chi connectivity index (χ4v) is 5.70. The van der Waals surface area contributed by atoms with Gasteiger partial charge in [0.1, 0.15) is 23.8 Å². The van der Waals surface area contributed by atoms with Crippen LogP contribution < -0.4 is 4.74 Å². The molecule has 0 aliphatic carbocycles. The Kier molecular flexibility index (Phi) is 7.01. The van der Waals surface area contributed by atoms with E-state index < -0.39 is 5.97 Å². The Labute approximate surface area is 221 Å².